The van der Waals surface area contributed by atoms with E-state index < -0.39 is 0 Å². The number of aromatic nitrogens is 3. The first kappa shape index (κ1) is 16.3. The van der Waals surface area contributed by atoms with Gasteiger partial charge in [0.25, 0.3) is 0 Å². The minimum atomic E-state index is 0.243. The Morgan fingerprint density at radius 1 is 0.893 bits per heavy atom. The SMILES string of the molecule is Cc1cc(Nc2cccc3cccnc23)nc(Nc2ccc3c(c2)OCO3)n1. The molecule has 0 atom stereocenters. The number of rotatable bonds is 4. The van der Waals surface area contributed by atoms with E-state index in [0.29, 0.717) is 17.5 Å². The minimum Gasteiger partial charge on any atom is -0.454 e. The predicted octanol–water partition coefficient (Wildman–Crippen LogP) is 4.55. The topological polar surface area (TPSA) is 81.2 Å². The van der Waals surface area contributed by atoms with Crippen LogP contribution in [0.5, 0.6) is 11.5 Å². The number of hydrogen-bond acceptors (Lipinski definition) is 7. The number of aryl methyl sites for hydroxylation is 1. The van der Waals surface area contributed by atoms with Crippen molar-refractivity contribution < 1.29 is 9.47 Å². The summed E-state index contributed by atoms with van der Waals surface area (Å²) in [5.41, 5.74) is 3.46. The Labute approximate surface area is 161 Å². The van der Waals surface area contributed by atoms with Crippen molar-refractivity contribution in [1.82, 2.24) is 15.0 Å². The molecule has 0 spiro atoms. The minimum absolute atomic E-state index is 0.243. The van der Waals surface area contributed by atoms with Crippen LogP contribution in [-0.2, 0) is 0 Å². The van der Waals surface area contributed by atoms with Gasteiger partial charge < -0.3 is 20.1 Å². The third-order valence-electron chi connectivity index (χ3n) is 4.38. The summed E-state index contributed by atoms with van der Waals surface area (Å²) in [5, 5.41) is 7.65. The number of nitrogens with zero attached hydrogens (tertiary/aromatic N) is 3. The molecule has 0 amide bonds. The second-order valence-corrected chi connectivity index (χ2v) is 6.42. The summed E-state index contributed by atoms with van der Waals surface area (Å²) in [5.74, 6) is 2.63. The van der Waals surface area contributed by atoms with Gasteiger partial charge in [0.05, 0.1) is 11.2 Å². The van der Waals surface area contributed by atoms with Crippen molar-refractivity contribution in [3.63, 3.8) is 0 Å². The van der Waals surface area contributed by atoms with Crippen molar-refractivity contribution >= 4 is 34.0 Å². The van der Waals surface area contributed by atoms with Crippen LogP contribution >= 0.6 is 0 Å². The summed E-state index contributed by atoms with van der Waals surface area (Å²) in [4.78, 5) is 13.5. The molecule has 1 aliphatic heterocycles. The molecular weight excluding hydrogens is 354 g/mol. The van der Waals surface area contributed by atoms with E-state index in [-0.39, 0.29) is 6.79 Å². The number of anilines is 4. The molecule has 0 aliphatic carbocycles. The Kier molecular flexibility index (Phi) is 3.90. The highest BCUT2D eigenvalue weighted by atomic mass is 16.7. The number of ether oxygens (including phenoxy) is 2. The molecule has 0 radical (unpaired) electrons. The Bertz CT molecular complexity index is 1170. The predicted molar refractivity (Wildman–Crippen MR) is 108 cm³/mol. The molecule has 7 nitrogen and oxygen atoms in total. The van der Waals surface area contributed by atoms with Gasteiger partial charge in [-0.15, -0.1) is 0 Å². The largest absolute Gasteiger partial charge is 0.454 e. The van der Waals surface area contributed by atoms with Crippen LogP contribution in [0.1, 0.15) is 5.69 Å². The summed E-state index contributed by atoms with van der Waals surface area (Å²) < 4.78 is 10.8. The van der Waals surface area contributed by atoms with E-state index in [1.807, 2.05) is 61.5 Å². The molecule has 7 heteroatoms. The monoisotopic (exact) mass is 371 g/mol. The number of pyridine rings is 1. The second-order valence-electron chi connectivity index (χ2n) is 6.42. The van der Waals surface area contributed by atoms with Gasteiger partial charge in [-0.2, -0.15) is 4.98 Å². The maximum absolute atomic E-state index is 5.42. The Hall–Kier alpha value is -3.87. The molecule has 4 aromatic rings. The zero-order valence-corrected chi connectivity index (χ0v) is 15.1. The van der Waals surface area contributed by atoms with Gasteiger partial charge in [-0.25, -0.2) is 4.98 Å². The fraction of sp³-hybridized carbons (Fsp3) is 0.0952. The van der Waals surface area contributed by atoms with Gasteiger partial charge in [0, 0.05) is 35.1 Å². The van der Waals surface area contributed by atoms with Crippen molar-refractivity contribution in [2.75, 3.05) is 17.4 Å². The van der Waals surface area contributed by atoms with E-state index in [9.17, 15) is 0 Å². The lowest BCUT2D eigenvalue weighted by atomic mass is 10.2. The zero-order chi connectivity index (χ0) is 18.9. The van der Waals surface area contributed by atoms with Crippen LogP contribution < -0.4 is 20.1 Å². The zero-order valence-electron chi connectivity index (χ0n) is 15.1. The number of hydrogen-bond donors (Lipinski definition) is 2. The standard InChI is InChI=1S/C21H17N5O2/c1-13-10-19(25-16-6-2-4-14-5-3-9-22-20(14)16)26-21(23-13)24-15-7-8-17-18(11-15)28-12-27-17/h2-11H,12H2,1H3,(H2,23,24,25,26). The number of fused-ring (bicyclic) bond motifs is 2. The van der Waals surface area contributed by atoms with Crippen LogP contribution in [0.3, 0.4) is 0 Å². The first-order valence-electron chi connectivity index (χ1n) is 8.88. The highest BCUT2D eigenvalue weighted by Crippen LogP contribution is 2.35. The normalized spacial score (nSPS) is 12.2. The Morgan fingerprint density at radius 3 is 2.75 bits per heavy atom. The maximum Gasteiger partial charge on any atom is 0.231 e. The lowest BCUT2D eigenvalue weighted by molar-refractivity contribution is 0.174. The summed E-state index contributed by atoms with van der Waals surface area (Å²) in [7, 11) is 0. The first-order valence-corrected chi connectivity index (χ1v) is 8.88. The molecule has 0 unspecified atom stereocenters. The van der Waals surface area contributed by atoms with Crippen LogP contribution in [0.4, 0.5) is 23.1 Å². The van der Waals surface area contributed by atoms with Crippen LogP contribution in [-0.4, -0.2) is 21.7 Å². The average molecular weight is 371 g/mol. The first-order chi connectivity index (χ1) is 13.7. The van der Waals surface area contributed by atoms with Crippen molar-refractivity contribution in [2.45, 2.75) is 6.92 Å². The summed E-state index contributed by atoms with van der Waals surface area (Å²) in [6.45, 7) is 2.17. The van der Waals surface area contributed by atoms with Gasteiger partial charge in [0.15, 0.2) is 11.5 Å². The molecule has 0 bridgehead atoms. The molecule has 138 valence electrons. The summed E-state index contributed by atoms with van der Waals surface area (Å²) in [6, 6.07) is 17.5. The van der Waals surface area contributed by atoms with E-state index in [0.717, 1.165) is 33.7 Å². The molecule has 0 saturated carbocycles. The van der Waals surface area contributed by atoms with Gasteiger partial charge in [0.2, 0.25) is 12.7 Å². The molecule has 1 aliphatic rings. The van der Waals surface area contributed by atoms with E-state index >= 15 is 0 Å². The van der Waals surface area contributed by atoms with Crippen molar-refractivity contribution in [2.24, 2.45) is 0 Å². The van der Waals surface area contributed by atoms with E-state index in [2.05, 4.69) is 25.6 Å². The number of para-hydroxylation sites is 1. The lowest BCUT2D eigenvalue weighted by Crippen LogP contribution is -2.03. The quantitative estimate of drug-likeness (QED) is 0.545. The third-order valence-corrected chi connectivity index (χ3v) is 4.38. The number of benzene rings is 2. The summed E-state index contributed by atoms with van der Waals surface area (Å²) >= 11 is 0. The molecule has 2 N–H and O–H groups in total. The van der Waals surface area contributed by atoms with E-state index in [1.54, 1.807) is 6.20 Å². The van der Waals surface area contributed by atoms with Gasteiger partial charge >= 0.3 is 0 Å². The van der Waals surface area contributed by atoms with Crippen LogP contribution in [0, 0.1) is 6.92 Å². The summed E-state index contributed by atoms with van der Waals surface area (Å²) in [6.07, 6.45) is 1.78. The highest BCUT2D eigenvalue weighted by molar-refractivity contribution is 5.91. The van der Waals surface area contributed by atoms with E-state index in [4.69, 9.17) is 9.47 Å². The molecule has 0 fully saturated rings. The third kappa shape index (κ3) is 3.14. The molecule has 2 aromatic heterocycles. The molecule has 3 heterocycles. The lowest BCUT2D eigenvalue weighted by Gasteiger charge is -2.11. The van der Waals surface area contributed by atoms with E-state index in [1.165, 1.54) is 0 Å². The van der Waals surface area contributed by atoms with Gasteiger partial charge in [0.1, 0.15) is 5.82 Å². The maximum atomic E-state index is 5.42. The molecule has 0 saturated heterocycles. The van der Waals surface area contributed by atoms with Gasteiger partial charge in [-0.3, -0.25) is 4.98 Å². The fourth-order valence-corrected chi connectivity index (χ4v) is 3.13. The van der Waals surface area contributed by atoms with Gasteiger partial charge in [-0.05, 0) is 31.2 Å². The van der Waals surface area contributed by atoms with Gasteiger partial charge in [-0.1, -0.05) is 18.2 Å². The molecule has 5 rings (SSSR count). The van der Waals surface area contributed by atoms with Crippen LogP contribution in [0.15, 0.2) is 60.8 Å². The molecule has 28 heavy (non-hydrogen) atoms. The Morgan fingerprint density at radius 2 is 1.79 bits per heavy atom. The smallest absolute Gasteiger partial charge is 0.231 e. The number of nitrogens with one attached hydrogen (secondary N) is 2. The second kappa shape index (κ2) is 6.70. The van der Waals surface area contributed by atoms with Crippen molar-refractivity contribution in [3.8, 4) is 11.5 Å². The van der Waals surface area contributed by atoms with Crippen LogP contribution in [0.25, 0.3) is 10.9 Å². The van der Waals surface area contributed by atoms with Crippen molar-refractivity contribution in [3.05, 3.63) is 66.5 Å². The fourth-order valence-electron chi connectivity index (χ4n) is 3.13. The molecular formula is C21H17N5O2. The Balaban J connectivity index is 1.44. The highest BCUT2D eigenvalue weighted by Gasteiger charge is 2.14. The average Bonchev–Trinajstić information content (AvgIpc) is 3.16. The molecule has 2 aromatic carbocycles. The van der Waals surface area contributed by atoms with Crippen molar-refractivity contribution in [1.29, 1.82) is 0 Å². The van der Waals surface area contributed by atoms with Crippen LogP contribution in [0.2, 0.25) is 0 Å².